The number of rotatable bonds is 8. The molecule has 0 aliphatic carbocycles. The summed E-state index contributed by atoms with van der Waals surface area (Å²) in [5.74, 6) is -0.268. The van der Waals surface area contributed by atoms with E-state index in [2.05, 4.69) is 15.3 Å². The highest BCUT2D eigenvalue weighted by Crippen LogP contribution is 2.29. The Morgan fingerprint density at radius 3 is 2.62 bits per heavy atom. The number of nitro benzene ring substituents is 1. The Morgan fingerprint density at radius 2 is 2.00 bits per heavy atom. The normalized spacial score (nSPS) is 10.6. The molecule has 32 heavy (non-hydrogen) atoms. The van der Waals surface area contributed by atoms with Crippen LogP contribution in [0, 0.1) is 17.0 Å². The van der Waals surface area contributed by atoms with Crippen LogP contribution in [0.25, 0.3) is 0 Å². The first-order chi connectivity index (χ1) is 15.3. The molecule has 0 aliphatic heterocycles. The Morgan fingerprint density at radius 1 is 1.28 bits per heavy atom. The number of carbonyl (C=O) groups excluding carboxylic acids is 1. The van der Waals surface area contributed by atoms with Gasteiger partial charge >= 0.3 is 0 Å². The SMILES string of the molecule is COc1ccc(NC(=O)CSc2nc(C)c(Cc3ccc(Cl)cc3)c(=O)[nH]2)c([N+](=O)[O-])c1. The molecule has 0 saturated heterocycles. The maximum absolute atomic E-state index is 12.5. The van der Waals surface area contributed by atoms with Crippen molar-refractivity contribution in [3.8, 4) is 5.75 Å². The number of hydrogen-bond donors (Lipinski definition) is 2. The zero-order chi connectivity index (χ0) is 23.3. The van der Waals surface area contributed by atoms with Crippen LogP contribution in [-0.4, -0.2) is 33.7 Å². The zero-order valence-electron chi connectivity index (χ0n) is 17.2. The third-order valence-corrected chi connectivity index (χ3v) is 5.64. The van der Waals surface area contributed by atoms with Gasteiger partial charge in [0.2, 0.25) is 5.91 Å². The molecule has 11 heteroatoms. The summed E-state index contributed by atoms with van der Waals surface area (Å²) in [4.78, 5) is 42.5. The second kappa shape index (κ2) is 10.3. The summed E-state index contributed by atoms with van der Waals surface area (Å²) in [7, 11) is 1.39. The van der Waals surface area contributed by atoms with Crippen molar-refractivity contribution in [2.24, 2.45) is 0 Å². The maximum Gasteiger partial charge on any atom is 0.296 e. The topological polar surface area (TPSA) is 127 Å². The number of nitro groups is 1. The number of amides is 1. The quantitative estimate of drug-likeness (QED) is 0.219. The van der Waals surface area contributed by atoms with Crippen LogP contribution in [0.3, 0.4) is 0 Å². The zero-order valence-corrected chi connectivity index (χ0v) is 18.7. The molecule has 0 spiro atoms. The van der Waals surface area contributed by atoms with Gasteiger partial charge in [0, 0.05) is 22.7 Å². The molecule has 1 amide bonds. The molecular weight excluding hydrogens is 456 g/mol. The number of nitrogens with zero attached hydrogens (tertiary/aromatic N) is 2. The number of benzene rings is 2. The van der Waals surface area contributed by atoms with E-state index in [0.717, 1.165) is 17.3 Å². The van der Waals surface area contributed by atoms with E-state index in [4.69, 9.17) is 16.3 Å². The van der Waals surface area contributed by atoms with Crippen LogP contribution in [-0.2, 0) is 11.2 Å². The number of anilines is 1. The van der Waals surface area contributed by atoms with E-state index in [1.165, 1.54) is 25.3 Å². The molecule has 1 aromatic heterocycles. The van der Waals surface area contributed by atoms with E-state index in [9.17, 15) is 19.7 Å². The van der Waals surface area contributed by atoms with Crippen molar-refractivity contribution >= 4 is 40.6 Å². The molecule has 0 saturated carbocycles. The summed E-state index contributed by atoms with van der Waals surface area (Å²) in [6.07, 6.45) is 0.401. The molecule has 0 bridgehead atoms. The summed E-state index contributed by atoms with van der Waals surface area (Å²) < 4.78 is 4.98. The molecule has 2 N–H and O–H groups in total. The van der Waals surface area contributed by atoms with Gasteiger partial charge in [-0.2, -0.15) is 0 Å². The number of hydrogen-bond acceptors (Lipinski definition) is 7. The van der Waals surface area contributed by atoms with Crippen molar-refractivity contribution in [1.82, 2.24) is 9.97 Å². The van der Waals surface area contributed by atoms with Gasteiger partial charge in [-0.15, -0.1) is 0 Å². The predicted molar refractivity (Wildman–Crippen MR) is 123 cm³/mol. The van der Waals surface area contributed by atoms with Crippen LogP contribution >= 0.6 is 23.4 Å². The molecule has 0 unspecified atom stereocenters. The number of aromatic nitrogens is 2. The number of nitrogens with one attached hydrogen (secondary N) is 2. The summed E-state index contributed by atoms with van der Waals surface area (Å²) >= 11 is 6.92. The Labute approximate surface area is 192 Å². The fourth-order valence-corrected chi connectivity index (χ4v) is 3.72. The second-order valence-corrected chi connectivity index (χ2v) is 8.12. The van der Waals surface area contributed by atoms with Crippen molar-refractivity contribution in [3.05, 3.63) is 84.8 Å². The molecule has 0 fully saturated rings. The standard InChI is InChI=1S/C21H19ClN4O5S/c1-12-16(9-13-3-5-14(22)6-4-13)20(28)25-21(23-12)32-11-19(27)24-17-8-7-15(31-2)10-18(17)26(29)30/h3-8,10H,9,11H2,1-2H3,(H,24,27)(H,23,25,28). The monoisotopic (exact) mass is 474 g/mol. The van der Waals surface area contributed by atoms with E-state index in [1.807, 2.05) is 12.1 Å². The number of aryl methyl sites for hydroxylation is 1. The first-order valence-electron chi connectivity index (χ1n) is 9.36. The van der Waals surface area contributed by atoms with Crippen LogP contribution in [0.15, 0.2) is 52.4 Å². The van der Waals surface area contributed by atoms with Gasteiger partial charge in [-0.25, -0.2) is 4.98 Å². The van der Waals surface area contributed by atoms with Crippen molar-refractivity contribution in [1.29, 1.82) is 0 Å². The van der Waals surface area contributed by atoms with Gasteiger partial charge in [0.15, 0.2) is 5.16 Å². The lowest BCUT2D eigenvalue weighted by Gasteiger charge is -2.09. The average molecular weight is 475 g/mol. The smallest absolute Gasteiger partial charge is 0.296 e. The first-order valence-corrected chi connectivity index (χ1v) is 10.7. The van der Waals surface area contributed by atoms with Crippen molar-refractivity contribution in [2.75, 3.05) is 18.2 Å². The second-order valence-electron chi connectivity index (χ2n) is 6.72. The molecule has 1 heterocycles. The number of aromatic amines is 1. The Kier molecular flexibility index (Phi) is 7.49. The molecule has 166 valence electrons. The average Bonchev–Trinajstić information content (AvgIpc) is 2.76. The van der Waals surface area contributed by atoms with Crippen LogP contribution < -0.4 is 15.6 Å². The fraction of sp³-hybridized carbons (Fsp3) is 0.190. The molecule has 3 rings (SSSR count). The van der Waals surface area contributed by atoms with Crippen LogP contribution in [0.4, 0.5) is 11.4 Å². The van der Waals surface area contributed by atoms with Crippen molar-refractivity contribution < 1.29 is 14.5 Å². The molecule has 2 aromatic carbocycles. The van der Waals surface area contributed by atoms with Crippen LogP contribution in [0.2, 0.25) is 5.02 Å². The van der Waals surface area contributed by atoms with Gasteiger partial charge in [-0.1, -0.05) is 35.5 Å². The molecule has 0 radical (unpaired) electrons. The molecule has 3 aromatic rings. The number of thioether (sulfide) groups is 1. The number of carbonyl (C=O) groups is 1. The summed E-state index contributed by atoms with van der Waals surface area (Å²) in [5, 5.41) is 14.6. The Hall–Kier alpha value is -3.37. The van der Waals surface area contributed by atoms with Crippen molar-refractivity contribution in [3.63, 3.8) is 0 Å². The van der Waals surface area contributed by atoms with Gasteiger partial charge in [0.25, 0.3) is 11.2 Å². The lowest BCUT2D eigenvalue weighted by molar-refractivity contribution is -0.384. The van der Waals surface area contributed by atoms with Crippen LogP contribution in [0.1, 0.15) is 16.8 Å². The van der Waals surface area contributed by atoms with Gasteiger partial charge in [0.05, 0.1) is 23.9 Å². The highest BCUT2D eigenvalue weighted by Gasteiger charge is 2.18. The summed E-state index contributed by atoms with van der Waals surface area (Å²) in [5.41, 5.74) is 1.48. The highest BCUT2D eigenvalue weighted by molar-refractivity contribution is 7.99. The Bertz CT molecular complexity index is 1210. The lowest BCUT2D eigenvalue weighted by atomic mass is 10.1. The number of methoxy groups -OCH3 is 1. The molecule has 0 aliphatic rings. The molecule has 0 atom stereocenters. The minimum Gasteiger partial charge on any atom is -0.496 e. The minimum absolute atomic E-state index is 0.0531. The van der Waals surface area contributed by atoms with Gasteiger partial charge in [0.1, 0.15) is 11.4 Å². The lowest BCUT2D eigenvalue weighted by Crippen LogP contribution is -2.19. The van der Waals surface area contributed by atoms with Gasteiger partial charge in [-0.05, 0) is 36.8 Å². The van der Waals surface area contributed by atoms with Gasteiger partial charge in [-0.3, -0.25) is 19.7 Å². The fourth-order valence-electron chi connectivity index (χ4n) is 2.88. The maximum atomic E-state index is 12.5. The third kappa shape index (κ3) is 5.86. The van der Waals surface area contributed by atoms with Crippen LogP contribution in [0.5, 0.6) is 5.75 Å². The molecule has 9 nitrogen and oxygen atoms in total. The largest absolute Gasteiger partial charge is 0.496 e. The van der Waals surface area contributed by atoms with E-state index in [-0.39, 0.29) is 27.8 Å². The van der Waals surface area contributed by atoms with E-state index >= 15 is 0 Å². The minimum atomic E-state index is -0.604. The molecular formula is C21H19ClN4O5S. The highest BCUT2D eigenvalue weighted by atomic mass is 35.5. The Balaban J connectivity index is 1.67. The first kappa shape index (κ1) is 23.3. The third-order valence-electron chi connectivity index (χ3n) is 4.51. The predicted octanol–water partition coefficient (Wildman–Crippen LogP) is 3.97. The van der Waals surface area contributed by atoms with E-state index < -0.39 is 10.8 Å². The van der Waals surface area contributed by atoms with E-state index in [0.29, 0.717) is 28.5 Å². The summed E-state index contributed by atoms with van der Waals surface area (Å²) in [6.45, 7) is 1.73. The van der Waals surface area contributed by atoms with E-state index in [1.54, 1.807) is 19.1 Å². The van der Waals surface area contributed by atoms with Gasteiger partial charge < -0.3 is 15.0 Å². The number of halogens is 1. The number of H-pyrrole nitrogens is 1. The number of ether oxygens (including phenoxy) is 1. The van der Waals surface area contributed by atoms with Crippen molar-refractivity contribution in [2.45, 2.75) is 18.5 Å². The summed E-state index contributed by atoms with van der Waals surface area (Å²) in [6, 6.07) is 11.3.